The highest BCUT2D eigenvalue weighted by atomic mass is 32.2. The van der Waals surface area contributed by atoms with Gasteiger partial charge in [-0.2, -0.15) is 8.42 Å². The minimum atomic E-state index is -3.80. The number of ether oxygens (including phenoxy) is 2. The molecule has 11 heteroatoms. The molecular weight excluding hydrogens is 460 g/mol. The molecule has 0 saturated carbocycles. The van der Waals surface area contributed by atoms with E-state index >= 15 is 0 Å². The van der Waals surface area contributed by atoms with E-state index in [1.54, 1.807) is 54.4 Å². The van der Waals surface area contributed by atoms with Gasteiger partial charge in [0.2, 0.25) is 5.91 Å². The number of hydrogen-bond acceptors (Lipinski definition) is 7. The summed E-state index contributed by atoms with van der Waals surface area (Å²) in [5, 5.41) is 0. The van der Waals surface area contributed by atoms with Crippen molar-refractivity contribution in [2.75, 3.05) is 51.3 Å². The Balaban J connectivity index is 1.38. The number of anilines is 1. The second-order valence-electron chi connectivity index (χ2n) is 8.26. The van der Waals surface area contributed by atoms with E-state index in [1.807, 2.05) is 0 Å². The van der Waals surface area contributed by atoms with Gasteiger partial charge in [0.15, 0.2) is 11.9 Å². The maximum absolute atomic E-state index is 13.4. The number of likely N-dealkylation sites (N-methyl/N-ethyl adjacent to an activating group) is 1. The average molecular weight is 485 g/mol. The van der Waals surface area contributed by atoms with Crippen molar-refractivity contribution in [1.82, 2.24) is 9.80 Å². The lowest BCUT2D eigenvalue weighted by Crippen LogP contribution is -2.55. The molecule has 0 unspecified atom stereocenters. The van der Waals surface area contributed by atoms with Crippen LogP contribution in [0, 0.1) is 0 Å². The lowest BCUT2D eigenvalue weighted by atomic mass is 10.1. The smallest absolute Gasteiger partial charge is 0.285 e. The van der Waals surface area contributed by atoms with Crippen molar-refractivity contribution in [2.45, 2.75) is 11.0 Å². The summed E-state index contributed by atoms with van der Waals surface area (Å²) in [7, 11) is -2.18. The largest absolute Gasteiger partial charge is 0.476 e. The number of para-hydroxylation sites is 2. The maximum Gasteiger partial charge on any atom is 0.285 e. The standard InChI is InChI=1S/C23H24N4O6S/c1-25(22-16-6-2-5-9-20(16)34(30,31)24-22)15-21(28)27-14-19(23(29)26-10-12-32-13-11-26)33-18-8-4-3-7-17(18)27/h2-9,19H,10-15H2,1H3/t19-/m0/s1. The molecule has 0 radical (unpaired) electrons. The molecule has 178 valence electrons. The van der Waals surface area contributed by atoms with Gasteiger partial charge in [-0.15, -0.1) is 4.40 Å². The molecule has 5 rings (SSSR count). The van der Waals surface area contributed by atoms with Crippen LogP contribution in [-0.4, -0.2) is 88.4 Å². The van der Waals surface area contributed by atoms with E-state index < -0.39 is 16.1 Å². The Morgan fingerprint density at radius 3 is 2.59 bits per heavy atom. The lowest BCUT2D eigenvalue weighted by molar-refractivity contribution is -0.142. The molecule has 3 aliphatic rings. The first-order chi connectivity index (χ1) is 16.3. The fourth-order valence-corrected chi connectivity index (χ4v) is 5.57. The van der Waals surface area contributed by atoms with E-state index in [-0.39, 0.29) is 35.6 Å². The molecule has 0 aliphatic carbocycles. The molecule has 1 atom stereocenters. The number of hydrogen-bond donors (Lipinski definition) is 0. The molecule has 2 aromatic rings. The van der Waals surface area contributed by atoms with E-state index in [4.69, 9.17) is 9.47 Å². The average Bonchev–Trinajstić information content (AvgIpc) is 3.14. The van der Waals surface area contributed by atoms with E-state index in [0.717, 1.165) is 0 Å². The Labute approximate surface area is 197 Å². The van der Waals surface area contributed by atoms with Crippen molar-refractivity contribution >= 4 is 33.4 Å². The van der Waals surface area contributed by atoms with Crippen LogP contribution >= 0.6 is 0 Å². The number of amidine groups is 1. The molecular formula is C23H24N4O6S. The van der Waals surface area contributed by atoms with Crippen LogP contribution < -0.4 is 9.64 Å². The zero-order valence-electron chi connectivity index (χ0n) is 18.6. The Bertz CT molecular complexity index is 1270. The van der Waals surface area contributed by atoms with Crippen molar-refractivity contribution in [3.05, 3.63) is 54.1 Å². The molecule has 1 fully saturated rings. The van der Waals surface area contributed by atoms with Gasteiger partial charge in [0.1, 0.15) is 10.6 Å². The van der Waals surface area contributed by atoms with Crippen LogP contribution in [0.25, 0.3) is 0 Å². The number of carbonyl (C=O) groups excluding carboxylic acids is 2. The SMILES string of the molecule is CN(CC(=O)N1C[C@@H](C(=O)N2CCOCC2)Oc2ccccc21)C1=NS(=O)(=O)c2ccccc21. The number of carbonyl (C=O) groups is 2. The summed E-state index contributed by atoms with van der Waals surface area (Å²) in [6.45, 7) is 1.82. The minimum absolute atomic E-state index is 0.0568. The third-order valence-corrected chi connectivity index (χ3v) is 7.34. The highest BCUT2D eigenvalue weighted by Crippen LogP contribution is 2.34. The van der Waals surface area contributed by atoms with Gasteiger partial charge in [-0.25, -0.2) is 0 Å². The van der Waals surface area contributed by atoms with Crippen LogP contribution in [0.2, 0.25) is 0 Å². The van der Waals surface area contributed by atoms with Gasteiger partial charge < -0.3 is 24.2 Å². The molecule has 1 saturated heterocycles. The molecule has 34 heavy (non-hydrogen) atoms. The number of nitrogens with zero attached hydrogens (tertiary/aromatic N) is 4. The van der Waals surface area contributed by atoms with Crippen LogP contribution in [0.1, 0.15) is 5.56 Å². The Kier molecular flexibility index (Phi) is 5.74. The third-order valence-electron chi connectivity index (χ3n) is 6.02. The van der Waals surface area contributed by atoms with Crippen molar-refractivity contribution in [3.63, 3.8) is 0 Å². The fourth-order valence-electron chi connectivity index (χ4n) is 4.31. The number of fused-ring (bicyclic) bond motifs is 2. The van der Waals surface area contributed by atoms with E-state index in [1.165, 1.54) is 15.9 Å². The van der Waals surface area contributed by atoms with Gasteiger partial charge >= 0.3 is 0 Å². The Morgan fingerprint density at radius 1 is 1.09 bits per heavy atom. The van der Waals surface area contributed by atoms with Crippen LogP contribution in [0.4, 0.5) is 5.69 Å². The summed E-state index contributed by atoms with van der Waals surface area (Å²) in [4.78, 5) is 31.4. The zero-order valence-corrected chi connectivity index (χ0v) is 19.4. The van der Waals surface area contributed by atoms with Gasteiger partial charge in [0.25, 0.3) is 15.9 Å². The molecule has 2 amide bonds. The summed E-state index contributed by atoms with van der Waals surface area (Å²) in [6, 6.07) is 13.6. The molecule has 3 aliphatic heterocycles. The molecule has 0 aromatic heterocycles. The van der Waals surface area contributed by atoms with Crippen LogP contribution in [-0.2, 0) is 24.3 Å². The minimum Gasteiger partial charge on any atom is -0.476 e. The monoisotopic (exact) mass is 484 g/mol. The summed E-state index contributed by atoms with van der Waals surface area (Å²) in [5.74, 6) is 0.167. The molecule has 10 nitrogen and oxygen atoms in total. The first kappa shape index (κ1) is 22.4. The Morgan fingerprint density at radius 2 is 1.79 bits per heavy atom. The van der Waals surface area contributed by atoms with E-state index in [2.05, 4.69) is 4.40 Å². The van der Waals surface area contributed by atoms with Crippen molar-refractivity contribution < 1.29 is 27.5 Å². The summed E-state index contributed by atoms with van der Waals surface area (Å²) in [6.07, 6.45) is -0.841. The maximum atomic E-state index is 13.4. The summed E-state index contributed by atoms with van der Waals surface area (Å²) >= 11 is 0. The third kappa shape index (κ3) is 4.01. The fraction of sp³-hybridized carbons (Fsp3) is 0.348. The first-order valence-electron chi connectivity index (χ1n) is 10.9. The Hall–Kier alpha value is -3.44. The van der Waals surface area contributed by atoms with Gasteiger partial charge in [0.05, 0.1) is 32.0 Å². The molecule has 3 heterocycles. The number of sulfonamides is 1. The number of amides is 2. The molecule has 2 aromatic carbocycles. The zero-order chi connectivity index (χ0) is 23.9. The van der Waals surface area contributed by atoms with Crippen molar-refractivity contribution in [2.24, 2.45) is 4.40 Å². The van der Waals surface area contributed by atoms with Crippen LogP contribution in [0.15, 0.2) is 57.8 Å². The van der Waals surface area contributed by atoms with Crippen LogP contribution in [0.5, 0.6) is 5.75 Å². The summed E-state index contributed by atoms with van der Waals surface area (Å²) < 4.78 is 40.0. The topological polar surface area (TPSA) is 109 Å². The first-order valence-corrected chi connectivity index (χ1v) is 12.4. The molecule has 0 bridgehead atoms. The van der Waals surface area contributed by atoms with Gasteiger partial charge in [0, 0.05) is 25.7 Å². The quantitative estimate of drug-likeness (QED) is 0.632. The highest BCUT2D eigenvalue weighted by molar-refractivity contribution is 7.90. The summed E-state index contributed by atoms with van der Waals surface area (Å²) in [5.41, 5.74) is 1.02. The number of morpholine rings is 1. The number of benzene rings is 2. The lowest BCUT2D eigenvalue weighted by Gasteiger charge is -2.37. The molecule has 0 spiro atoms. The highest BCUT2D eigenvalue weighted by Gasteiger charge is 2.37. The molecule has 0 N–H and O–H groups in total. The van der Waals surface area contributed by atoms with E-state index in [9.17, 15) is 18.0 Å². The number of rotatable bonds is 3. The van der Waals surface area contributed by atoms with Gasteiger partial charge in [-0.1, -0.05) is 24.3 Å². The van der Waals surface area contributed by atoms with Crippen molar-refractivity contribution in [3.8, 4) is 5.75 Å². The van der Waals surface area contributed by atoms with Crippen LogP contribution in [0.3, 0.4) is 0 Å². The van der Waals surface area contributed by atoms with E-state index in [0.29, 0.717) is 43.3 Å². The van der Waals surface area contributed by atoms with Crippen molar-refractivity contribution in [1.29, 1.82) is 0 Å². The second kappa shape index (κ2) is 8.73. The normalized spacial score (nSPS) is 20.6. The second-order valence-corrected chi connectivity index (χ2v) is 9.83. The predicted molar refractivity (Wildman–Crippen MR) is 123 cm³/mol. The van der Waals surface area contributed by atoms with Gasteiger partial charge in [-0.05, 0) is 24.3 Å². The van der Waals surface area contributed by atoms with Gasteiger partial charge in [-0.3, -0.25) is 9.59 Å². The predicted octanol–water partition coefficient (Wildman–Crippen LogP) is 0.720.